The highest BCUT2D eigenvalue weighted by molar-refractivity contribution is 9.10. The molecule has 2 rings (SSSR count). The van der Waals surface area contributed by atoms with Gasteiger partial charge in [-0.15, -0.1) is 0 Å². The van der Waals surface area contributed by atoms with Gasteiger partial charge in [-0.05, 0) is 45.4 Å². The predicted octanol–water partition coefficient (Wildman–Crippen LogP) is 2.18. The monoisotopic (exact) mass is 284 g/mol. The standard InChI is InChI=1S/C9H9BrN4S/c10-7-3-6(4-11)1-2-8(7)15-9-12-5-13-14-9/h1-3,5H,4,11H2,(H,12,13,14). The lowest BCUT2D eigenvalue weighted by molar-refractivity contribution is 0.972. The Morgan fingerprint density at radius 2 is 2.33 bits per heavy atom. The Morgan fingerprint density at radius 3 is 2.93 bits per heavy atom. The number of hydrogen-bond donors (Lipinski definition) is 2. The molecule has 0 aliphatic heterocycles. The lowest BCUT2D eigenvalue weighted by atomic mass is 10.2. The maximum atomic E-state index is 5.55. The molecule has 3 N–H and O–H groups in total. The second-order valence-electron chi connectivity index (χ2n) is 2.86. The van der Waals surface area contributed by atoms with Gasteiger partial charge < -0.3 is 5.73 Å². The summed E-state index contributed by atoms with van der Waals surface area (Å²) in [5.41, 5.74) is 6.65. The van der Waals surface area contributed by atoms with Crippen molar-refractivity contribution >= 4 is 27.7 Å². The molecule has 0 spiro atoms. The quantitative estimate of drug-likeness (QED) is 0.907. The number of nitrogens with zero attached hydrogens (tertiary/aromatic N) is 2. The molecule has 0 unspecified atom stereocenters. The van der Waals surface area contributed by atoms with Crippen LogP contribution in [0.2, 0.25) is 0 Å². The van der Waals surface area contributed by atoms with Gasteiger partial charge in [-0.1, -0.05) is 6.07 Å². The third-order valence-corrected chi connectivity index (χ3v) is 3.72. The van der Waals surface area contributed by atoms with E-state index < -0.39 is 0 Å². The van der Waals surface area contributed by atoms with Crippen molar-refractivity contribution in [2.75, 3.05) is 0 Å². The number of aromatic nitrogens is 3. The van der Waals surface area contributed by atoms with E-state index in [1.807, 2.05) is 18.2 Å². The van der Waals surface area contributed by atoms with Crippen LogP contribution in [0.1, 0.15) is 5.56 Å². The van der Waals surface area contributed by atoms with E-state index in [4.69, 9.17) is 5.73 Å². The van der Waals surface area contributed by atoms with Gasteiger partial charge in [-0.25, -0.2) is 4.98 Å². The summed E-state index contributed by atoms with van der Waals surface area (Å²) in [5.74, 6) is 0. The zero-order valence-corrected chi connectivity index (χ0v) is 10.2. The number of nitrogens with one attached hydrogen (secondary N) is 1. The van der Waals surface area contributed by atoms with Crippen LogP contribution in [0.3, 0.4) is 0 Å². The lowest BCUT2D eigenvalue weighted by Crippen LogP contribution is -1.95. The second kappa shape index (κ2) is 4.78. The summed E-state index contributed by atoms with van der Waals surface area (Å²) < 4.78 is 1.02. The van der Waals surface area contributed by atoms with Crippen molar-refractivity contribution in [3.63, 3.8) is 0 Å². The molecule has 0 atom stereocenters. The van der Waals surface area contributed by atoms with Crippen LogP contribution in [0.15, 0.2) is 39.1 Å². The van der Waals surface area contributed by atoms with Crippen molar-refractivity contribution in [3.8, 4) is 0 Å². The SMILES string of the molecule is NCc1ccc(Sc2ncn[nH]2)c(Br)c1. The Kier molecular flexibility index (Phi) is 3.40. The summed E-state index contributed by atoms with van der Waals surface area (Å²) in [6.07, 6.45) is 1.49. The highest BCUT2D eigenvalue weighted by atomic mass is 79.9. The highest BCUT2D eigenvalue weighted by Crippen LogP contribution is 2.31. The first-order chi connectivity index (χ1) is 7.29. The van der Waals surface area contributed by atoms with Gasteiger partial charge in [0.1, 0.15) is 6.33 Å². The maximum Gasteiger partial charge on any atom is 0.188 e. The van der Waals surface area contributed by atoms with Crippen LogP contribution < -0.4 is 5.73 Å². The summed E-state index contributed by atoms with van der Waals surface area (Å²) in [5, 5.41) is 7.36. The Bertz CT molecular complexity index is 443. The molecule has 15 heavy (non-hydrogen) atoms. The van der Waals surface area contributed by atoms with E-state index in [0.717, 1.165) is 20.1 Å². The van der Waals surface area contributed by atoms with Gasteiger partial charge in [0.05, 0.1) is 0 Å². The number of H-pyrrole nitrogens is 1. The minimum absolute atomic E-state index is 0.547. The first-order valence-corrected chi connectivity index (χ1v) is 5.92. The normalized spacial score (nSPS) is 10.5. The van der Waals surface area contributed by atoms with Gasteiger partial charge in [0, 0.05) is 15.9 Å². The van der Waals surface area contributed by atoms with Crippen molar-refractivity contribution in [3.05, 3.63) is 34.6 Å². The van der Waals surface area contributed by atoms with Gasteiger partial charge in [0.25, 0.3) is 0 Å². The summed E-state index contributed by atoms with van der Waals surface area (Å²) in [7, 11) is 0. The molecule has 0 saturated carbocycles. The third-order valence-electron chi connectivity index (χ3n) is 1.83. The molecular formula is C9H9BrN4S. The molecule has 0 bridgehead atoms. The fourth-order valence-electron chi connectivity index (χ4n) is 1.10. The van der Waals surface area contributed by atoms with E-state index >= 15 is 0 Å². The van der Waals surface area contributed by atoms with Crippen LogP contribution >= 0.6 is 27.7 Å². The number of halogens is 1. The number of aromatic amines is 1. The number of nitrogens with two attached hydrogens (primary N) is 1. The smallest absolute Gasteiger partial charge is 0.188 e. The Balaban J connectivity index is 2.22. The molecule has 0 amide bonds. The predicted molar refractivity (Wildman–Crippen MR) is 62.5 cm³/mol. The fourth-order valence-corrected chi connectivity index (χ4v) is 2.47. The maximum absolute atomic E-state index is 5.55. The molecule has 1 heterocycles. The van der Waals surface area contributed by atoms with Crippen LogP contribution in [0, 0.1) is 0 Å². The minimum Gasteiger partial charge on any atom is -0.326 e. The van der Waals surface area contributed by atoms with Crippen LogP contribution in [0.5, 0.6) is 0 Å². The zero-order chi connectivity index (χ0) is 10.7. The van der Waals surface area contributed by atoms with Crippen molar-refractivity contribution in [2.24, 2.45) is 5.73 Å². The van der Waals surface area contributed by atoms with Crippen LogP contribution in [0.4, 0.5) is 0 Å². The van der Waals surface area contributed by atoms with E-state index in [1.165, 1.54) is 18.1 Å². The van der Waals surface area contributed by atoms with E-state index in [0.29, 0.717) is 6.54 Å². The lowest BCUT2D eigenvalue weighted by Gasteiger charge is -2.03. The molecule has 0 aliphatic rings. The van der Waals surface area contributed by atoms with Gasteiger partial charge >= 0.3 is 0 Å². The van der Waals surface area contributed by atoms with Gasteiger partial charge in [0.2, 0.25) is 0 Å². The van der Waals surface area contributed by atoms with Crippen molar-refractivity contribution in [1.82, 2.24) is 15.2 Å². The Labute approximate surface area is 99.8 Å². The largest absolute Gasteiger partial charge is 0.326 e. The molecule has 0 radical (unpaired) electrons. The minimum atomic E-state index is 0.547. The molecule has 2 aromatic rings. The van der Waals surface area contributed by atoms with Gasteiger partial charge in [0.15, 0.2) is 5.16 Å². The first-order valence-electron chi connectivity index (χ1n) is 4.31. The third kappa shape index (κ3) is 2.58. The summed E-state index contributed by atoms with van der Waals surface area (Å²) >= 11 is 5.02. The van der Waals surface area contributed by atoms with E-state index in [9.17, 15) is 0 Å². The molecule has 1 aromatic carbocycles. The molecule has 1 aromatic heterocycles. The summed E-state index contributed by atoms with van der Waals surface area (Å²) in [4.78, 5) is 5.13. The van der Waals surface area contributed by atoms with Crippen LogP contribution in [0.25, 0.3) is 0 Å². The average Bonchev–Trinajstić information content (AvgIpc) is 2.74. The van der Waals surface area contributed by atoms with Crippen LogP contribution in [-0.4, -0.2) is 15.2 Å². The van der Waals surface area contributed by atoms with E-state index in [2.05, 4.69) is 31.1 Å². The number of hydrogen-bond acceptors (Lipinski definition) is 4. The van der Waals surface area contributed by atoms with Gasteiger partial charge in [-0.2, -0.15) is 5.10 Å². The topological polar surface area (TPSA) is 67.6 Å². The van der Waals surface area contributed by atoms with E-state index in [1.54, 1.807) is 0 Å². The molecule has 78 valence electrons. The summed E-state index contributed by atoms with van der Waals surface area (Å²) in [6.45, 7) is 0.547. The molecule has 6 heteroatoms. The fraction of sp³-hybridized carbons (Fsp3) is 0.111. The average molecular weight is 285 g/mol. The Hall–Kier alpha value is -0.850. The molecule has 0 saturated heterocycles. The van der Waals surface area contributed by atoms with Crippen molar-refractivity contribution in [1.29, 1.82) is 0 Å². The highest BCUT2D eigenvalue weighted by Gasteiger charge is 2.04. The summed E-state index contributed by atoms with van der Waals surface area (Å²) in [6, 6.07) is 6.03. The van der Waals surface area contributed by atoms with Crippen molar-refractivity contribution in [2.45, 2.75) is 16.6 Å². The molecule has 4 nitrogen and oxygen atoms in total. The van der Waals surface area contributed by atoms with E-state index in [-0.39, 0.29) is 0 Å². The zero-order valence-electron chi connectivity index (χ0n) is 7.77. The molecule has 0 aliphatic carbocycles. The number of rotatable bonds is 3. The van der Waals surface area contributed by atoms with Crippen molar-refractivity contribution < 1.29 is 0 Å². The number of benzene rings is 1. The van der Waals surface area contributed by atoms with Gasteiger partial charge in [-0.3, -0.25) is 5.10 Å². The molecular weight excluding hydrogens is 276 g/mol. The first kappa shape index (κ1) is 10.7. The molecule has 0 fully saturated rings. The van der Waals surface area contributed by atoms with Crippen LogP contribution in [-0.2, 0) is 6.54 Å². The second-order valence-corrected chi connectivity index (χ2v) is 4.75. The Morgan fingerprint density at radius 1 is 1.47 bits per heavy atom.